The summed E-state index contributed by atoms with van der Waals surface area (Å²) in [4.78, 5) is 0.464. The maximum atomic E-state index is 3.58. The molecule has 0 saturated heterocycles. The van der Waals surface area contributed by atoms with Crippen LogP contribution in [-0.4, -0.2) is 0 Å². The summed E-state index contributed by atoms with van der Waals surface area (Å²) < 4.78 is 0. The Labute approximate surface area is 102 Å². The fourth-order valence-corrected chi connectivity index (χ4v) is 2.01. The Morgan fingerprint density at radius 3 is 2.27 bits per heavy atom. The van der Waals surface area contributed by atoms with Gasteiger partial charge in [-0.3, -0.25) is 0 Å². The van der Waals surface area contributed by atoms with Crippen molar-refractivity contribution in [2.75, 3.05) is 0 Å². The minimum atomic E-state index is 0.464. The van der Waals surface area contributed by atoms with Crippen LogP contribution in [0.2, 0.25) is 0 Å². The van der Waals surface area contributed by atoms with Gasteiger partial charge in [0.2, 0.25) is 0 Å². The Morgan fingerprint density at radius 2 is 1.73 bits per heavy atom. The zero-order chi connectivity index (χ0) is 11.1. The maximum absolute atomic E-state index is 3.58. The van der Waals surface area contributed by atoms with Crippen LogP contribution in [0.3, 0.4) is 0 Å². The summed E-state index contributed by atoms with van der Waals surface area (Å²) in [7, 11) is 0. The van der Waals surface area contributed by atoms with Crippen LogP contribution in [0.25, 0.3) is 0 Å². The molecule has 0 N–H and O–H groups in total. The number of rotatable bonds is 6. The van der Waals surface area contributed by atoms with Crippen LogP contribution in [0.4, 0.5) is 0 Å². The summed E-state index contributed by atoms with van der Waals surface area (Å²) in [5, 5.41) is 0. The molecular formula is C14H21Br. The molecular weight excluding hydrogens is 248 g/mol. The molecule has 0 aromatic heterocycles. The van der Waals surface area contributed by atoms with Gasteiger partial charge >= 0.3 is 0 Å². The van der Waals surface area contributed by atoms with E-state index in [1.165, 1.54) is 43.2 Å². The molecule has 0 amide bonds. The molecule has 0 saturated carbocycles. The summed E-state index contributed by atoms with van der Waals surface area (Å²) in [6, 6.07) is 8.99. The Hall–Kier alpha value is -0.300. The van der Waals surface area contributed by atoms with E-state index in [0.717, 1.165) is 0 Å². The number of halogens is 1. The molecule has 0 fully saturated rings. The van der Waals surface area contributed by atoms with Crippen molar-refractivity contribution in [2.24, 2.45) is 0 Å². The van der Waals surface area contributed by atoms with Gasteiger partial charge in [-0.2, -0.15) is 0 Å². The minimum Gasteiger partial charge on any atom is -0.0842 e. The number of benzene rings is 1. The van der Waals surface area contributed by atoms with E-state index in [-0.39, 0.29) is 0 Å². The average molecular weight is 269 g/mol. The Balaban J connectivity index is 2.36. The van der Waals surface area contributed by atoms with E-state index in [1.807, 2.05) is 0 Å². The summed E-state index contributed by atoms with van der Waals surface area (Å²) in [5.74, 6) is 0. The van der Waals surface area contributed by atoms with Gasteiger partial charge in [-0.15, -0.1) is 0 Å². The highest BCUT2D eigenvalue weighted by Crippen LogP contribution is 2.22. The monoisotopic (exact) mass is 268 g/mol. The largest absolute Gasteiger partial charge is 0.0842 e. The normalized spacial score (nSPS) is 12.7. The minimum absolute atomic E-state index is 0.464. The van der Waals surface area contributed by atoms with Crippen molar-refractivity contribution in [1.29, 1.82) is 0 Å². The van der Waals surface area contributed by atoms with Crippen molar-refractivity contribution in [3.05, 3.63) is 35.4 Å². The van der Waals surface area contributed by atoms with E-state index in [9.17, 15) is 0 Å². The Kier molecular flexibility index (Phi) is 6.00. The molecule has 1 heteroatoms. The number of unbranched alkanes of at least 4 members (excludes halogenated alkanes) is 3. The number of hydrogen-bond acceptors (Lipinski definition) is 0. The van der Waals surface area contributed by atoms with Crippen LogP contribution in [-0.2, 0) is 6.42 Å². The summed E-state index contributed by atoms with van der Waals surface area (Å²) in [5.41, 5.74) is 2.84. The van der Waals surface area contributed by atoms with Gasteiger partial charge in [0.1, 0.15) is 0 Å². The second-order valence-electron chi connectivity index (χ2n) is 4.17. The zero-order valence-electron chi connectivity index (χ0n) is 9.80. The lowest BCUT2D eigenvalue weighted by Crippen LogP contribution is -1.88. The van der Waals surface area contributed by atoms with Crippen molar-refractivity contribution >= 4 is 15.9 Å². The quantitative estimate of drug-likeness (QED) is 0.487. The van der Waals surface area contributed by atoms with Crippen molar-refractivity contribution in [3.63, 3.8) is 0 Å². The smallest absolute Gasteiger partial charge is 0.0367 e. The second kappa shape index (κ2) is 7.05. The van der Waals surface area contributed by atoms with E-state index in [0.29, 0.717) is 4.83 Å². The van der Waals surface area contributed by atoms with E-state index in [1.54, 1.807) is 0 Å². The predicted octanol–water partition coefficient (Wildman–Crippen LogP) is 5.27. The van der Waals surface area contributed by atoms with Crippen LogP contribution in [0.15, 0.2) is 24.3 Å². The lowest BCUT2D eigenvalue weighted by molar-refractivity contribution is 0.667. The first-order valence-electron chi connectivity index (χ1n) is 5.97. The zero-order valence-corrected chi connectivity index (χ0v) is 11.4. The van der Waals surface area contributed by atoms with Gasteiger partial charge in [-0.25, -0.2) is 0 Å². The first kappa shape index (κ1) is 12.8. The second-order valence-corrected chi connectivity index (χ2v) is 5.54. The van der Waals surface area contributed by atoms with E-state index >= 15 is 0 Å². The molecule has 0 aliphatic heterocycles. The summed E-state index contributed by atoms with van der Waals surface area (Å²) >= 11 is 3.58. The lowest BCUT2D eigenvalue weighted by atomic mass is 10.0. The van der Waals surface area contributed by atoms with Gasteiger partial charge in [0.05, 0.1) is 0 Å². The van der Waals surface area contributed by atoms with Gasteiger partial charge in [0, 0.05) is 4.83 Å². The summed E-state index contributed by atoms with van der Waals surface area (Å²) in [6.45, 7) is 4.42. The molecule has 0 radical (unpaired) electrons. The van der Waals surface area contributed by atoms with Gasteiger partial charge in [0.15, 0.2) is 0 Å². The highest BCUT2D eigenvalue weighted by Gasteiger charge is 1.99. The molecule has 1 aromatic carbocycles. The molecule has 0 aliphatic carbocycles. The van der Waals surface area contributed by atoms with Crippen molar-refractivity contribution < 1.29 is 0 Å². The molecule has 1 unspecified atom stereocenters. The molecule has 0 aliphatic rings. The molecule has 0 bridgehead atoms. The third-order valence-corrected chi connectivity index (χ3v) is 3.29. The van der Waals surface area contributed by atoms with Crippen LogP contribution < -0.4 is 0 Å². The van der Waals surface area contributed by atoms with Crippen LogP contribution in [0.5, 0.6) is 0 Å². The van der Waals surface area contributed by atoms with Crippen LogP contribution in [0, 0.1) is 0 Å². The third-order valence-electron chi connectivity index (χ3n) is 2.76. The molecule has 1 aromatic rings. The molecule has 0 heterocycles. The van der Waals surface area contributed by atoms with Crippen molar-refractivity contribution in [3.8, 4) is 0 Å². The summed E-state index contributed by atoms with van der Waals surface area (Å²) in [6.07, 6.45) is 6.62. The molecule has 0 nitrogen and oxygen atoms in total. The van der Waals surface area contributed by atoms with E-state index in [2.05, 4.69) is 54.0 Å². The average Bonchev–Trinajstić information content (AvgIpc) is 2.25. The third kappa shape index (κ3) is 4.83. The van der Waals surface area contributed by atoms with E-state index in [4.69, 9.17) is 0 Å². The first-order valence-corrected chi connectivity index (χ1v) is 6.88. The maximum Gasteiger partial charge on any atom is 0.0367 e. The SMILES string of the molecule is CCCCCCc1ccc(C(C)Br)cc1. The standard InChI is InChI=1S/C14H21Br/c1-3-4-5-6-7-13-8-10-14(11-9-13)12(2)15/h8-12H,3-7H2,1-2H3. The van der Waals surface area contributed by atoms with E-state index < -0.39 is 0 Å². The fraction of sp³-hybridized carbons (Fsp3) is 0.571. The van der Waals surface area contributed by atoms with Crippen LogP contribution in [0.1, 0.15) is 55.5 Å². The highest BCUT2D eigenvalue weighted by atomic mass is 79.9. The Morgan fingerprint density at radius 1 is 1.07 bits per heavy atom. The van der Waals surface area contributed by atoms with Gasteiger partial charge in [-0.1, -0.05) is 66.4 Å². The number of alkyl halides is 1. The lowest BCUT2D eigenvalue weighted by Gasteiger charge is -2.05. The molecule has 1 rings (SSSR count). The fourth-order valence-electron chi connectivity index (χ4n) is 1.71. The Bertz CT molecular complexity index is 261. The van der Waals surface area contributed by atoms with Crippen molar-refractivity contribution in [1.82, 2.24) is 0 Å². The number of aryl methyl sites for hydroxylation is 1. The van der Waals surface area contributed by atoms with Crippen LogP contribution >= 0.6 is 15.9 Å². The first-order chi connectivity index (χ1) is 7.24. The topological polar surface area (TPSA) is 0 Å². The van der Waals surface area contributed by atoms with Gasteiger partial charge in [0.25, 0.3) is 0 Å². The predicted molar refractivity (Wildman–Crippen MR) is 71.6 cm³/mol. The number of hydrogen-bond donors (Lipinski definition) is 0. The van der Waals surface area contributed by atoms with Gasteiger partial charge < -0.3 is 0 Å². The molecule has 1 atom stereocenters. The highest BCUT2D eigenvalue weighted by molar-refractivity contribution is 9.09. The van der Waals surface area contributed by atoms with Gasteiger partial charge in [-0.05, 0) is 30.9 Å². The molecule has 0 spiro atoms. The molecule has 15 heavy (non-hydrogen) atoms. The van der Waals surface area contributed by atoms with Crippen molar-refractivity contribution in [2.45, 2.75) is 50.8 Å². The molecule has 84 valence electrons.